The number of anilines is 2. The van der Waals surface area contributed by atoms with Crippen LogP contribution in [-0.4, -0.2) is 47.1 Å². The molecule has 0 spiro atoms. The molecule has 1 N–H and O–H groups in total. The number of aromatic nitrogens is 2. The van der Waals surface area contributed by atoms with Gasteiger partial charge in [-0.2, -0.15) is 9.97 Å². The summed E-state index contributed by atoms with van der Waals surface area (Å²) in [5.74, 6) is -0.862. The molecule has 35 heavy (non-hydrogen) atoms. The predicted octanol–water partition coefficient (Wildman–Crippen LogP) is 4.83. The van der Waals surface area contributed by atoms with Crippen LogP contribution in [0.2, 0.25) is 0 Å². The number of benzene rings is 2. The van der Waals surface area contributed by atoms with Gasteiger partial charge in [-0.25, -0.2) is 13.2 Å². The second-order valence-electron chi connectivity index (χ2n) is 8.78. The highest BCUT2D eigenvalue weighted by Crippen LogP contribution is 2.41. The molecular formula is C25H25F3N4O3. The molecule has 0 radical (unpaired) electrons. The number of rotatable bonds is 5. The van der Waals surface area contributed by atoms with Gasteiger partial charge in [0.1, 0.15) is 22.9 Å². The Bertz CT molecular complexity index is 1320. The molecule has 2 aliphatic heterocycles. The first-order valence-corrected chi connectivity index (χ1v) is 11.6. The molecule has 2 aliphatic rings. The lowest BCUT2D eigenvalue weighted by Crippen LogP contribution is -2.45. The van der Waals surface area contributed by atoms with Crippen LogP contribution >= 0.6 is 0 Å². The summed E-state index contributed by atoms with van der Waals surface area (Å²) in [6, 6.07) is 4.72. The second kappa shape index (κ2) is 8.90. The Kier molecular flexibility index (Phi) is 5.90. The molecule has 1 amide bonds. The van der Waals surface area contributed by atoms with E-state index < -0.39 is 24.2 Å². The molecule has 0 aliphatic carbocycles. The van der Waals surface area contributed by atoms with Gasteiger partial charge in [0, 0.05) is 18.0 Å². The number of fused-ring (bicyclic) bond motifs is 2. The molecule has 1 unspecified atom stereocenters. The van der Waals surface area contributed by atoms with E-state index in [4.69, 9.17) is 4.74 Å². The van der Waals surface area contributed by atoms with Crippen LogP contribution in [0.3, 0.4) is 0 Å². The number of hydrogen-bond acceptors (Lipinski definition) is 6. The van der Waals surface area contributed by atoms with Crippen molar-refractivity contribution in [2.75, 3.05) is 23.5 Å². The number of amides is 1. The monoisotopic (exact) mass is 486 g/mol. The summed E-state index contributed by atoms with van der Waals surface area (Å²) in [6.45, 7) is 2.14. The molecule has 1 aromatic heterocycles. The number of halogens is 3. The van der Waals surface area contributed by atoms with Gasteiger partial charge in [-0.1, -0.05) is 13.0 Å². The van der Waals surface area contributed by atoms with Crippen molar-refractivity contribution >= 4 is 28.2 Å². The maximum absolute atomic E-state index is 14.7. The zero-order chi connectivity index (χ0) is 24.9. The number of methoxy groups -OCH3 is 1. The van der Waals surface area contributed by atoms with Crippen molar-refractivity contribution in [3.05, 3.63) is 46.9 Å². The number of piperidine rings is 1. The number of phenolic OH excluding ortho intramolecular Hbond substituents is 1. The quantitative estimate of drug-likeness (QED) is 0.557. The van der Waals surface area contributed by atoms with Crippen LogP contribution in [0.4, 0.5) is 24.7 Å². The molecule has 0 saturated carbocycles. The fourth-order valence-electron chi connectivity index (χ4n) is 5.17. The summed E-state index contributed by atoms with van der Waals surface area (Å²) in [5.41, 5.74) is 1.21. The van der Waals surface area contributed by atoms with Crippen LogP contribution in [0.25, 0.3) is 10.8 Å². The molecule has 10 heteroatoms. The van der Waals surface area contributed by atoms with Crippen molar-refractivity contribution in [1.29, 1.82) is 0 Å². The summed E-state index contributed by atoms with van der Waals surface area (Å²) in [4.78, 5) is 25.3. The number of phenols is 1. The second-order valence-corrected chi connectivity index (χ2v) is 8.78. The van der Waals surface area contributed by atoms with Crippen molar-refractivity contribution < 1.29 is 27.8 Å². The lowest BCUT2D eigenvalue weighted by Gasteiger charge is -2.36. The number of ether oxygens (including phenoxy) is 1. The van der Waals surface area contributed by atoms with Crippen LogP contribution in [0, 0.1) is 5.82 Å². The van der Waals surface area contributed by atoms with Crippen LogP contribution in [-0.2, 0) is 13.0 Å². The molecule has 2 aromatic carbocycles. The summed E-state index contributed by atoms with van der Waals surface area (Å²) in [6.07, 6.45) is -0.592. The number of carbonyl (C=O) groups is 1. The summed E-state index contributed by atoms with van der Waals surface area (Å²) < 4.78 is 47.7. The topological polar surface area (TPSA) is 78.8 Å². The van der Waals surface area contributed by atoms with Crippen molar-refractivity contribution in [3.63, 3.8) is 0 Å². The molecule has 1 fully saturated rings. The van der Waals surface area contributed by atoms with Crippen LogP contribution in [0.1, 0.15) is 47.8 Å². The third kappa shape index (κ3) is 3.81. The third-order valence-electron chi connectivity index (χ3n) is 6.78. The van der Waals surface area contributed by atoms with Gasteiger partial charge in [-0.05, 0) is 48.8 Å². The minimum Gasteiger partial charge on any atom is -0.508 e. The van der Waals surface area contributed by atoms with E-state index in [0.29, 0.717) is 53.5 Å². The highest BCUT2D eigenvalue weighted by molar-refractivity contribution is 6.16. The average molecular weight is 486 g/mol. The Hall–Kier alpha value is -3.56. The minimum atomic E-state index is -2.61. The highest BCUT2D eigenvalue weighted by Gasteiger charge is 2.40. The Labute approximate surface area is 200 Å². The SMILES string of the molecule is CCc1c(F)ccc2cc(O)cc(N3Cc4nc(OC)nc(N5CCCCC5C(F)F)c4C3=O)c12. The Morgan fingerprint density at radius 3 is 2.74 bits per heavy atom. The van der Waals surface area contributed by atoms with Gasteiger partial charge in [-0.15, -0.1) is 0 Å². The van der Waals surface area contributed by atoms with Gasteiger partial charge in [0.25, 0.3) is 12.3 Å². The van der Waals surface area contributed by atoms with Crippen LogP contribution in [0.5, 0.6) is 11.8 Å². The summed E-state index contributed by atoms with van der Waals surface area (Å²) >= 11 is 0. The average Bonchev–Trinajstić information content (AvgIpc) is 3.19. The molecule has 1 saturated heterocycles. The molecule has 7 nitrogen and oxygen atoms in total. The number of aromatic hydroxyl groups is 1. The fraction of sp³-hybridized carbons (Fsp3) is 0.400. The van der Waals surface area contributed by atoms with Gasteiger partial charge < -0.3 is 19.6 Å². The van der Waals surface area contributed by atoms with E-state index in [-0.39, 0.29) is 36.1 Å². The van der Waals surface area contributed by atoms with Crippen molar-refractivity contribution in [1.82, 2.24) is 9.97 Å². The van der Waals surface area contributed by atoms with Crippen molar-refractivity contribution in [2.45, 2.75) is 51.6 Å². The van der Waals surface area contributed by atoms with E-state index in [9.17, 15) is 23.1 Å². The van der Waals surface area contributed by atoms with Gasteiger partial charge in [-0.3, -0.25) is 4.79 Å². The zero-order valence-electron chi connectivity index (χ0n) is 19.4. The minimum absolute atomic E-state index is 0.00541. The van der Waals surface area contributed by atoms with Gasteiger partial charge >= 0.3 is 6.01 Å². The Balaban J connectivity index is 1.68. The number of nitrogens with zero attached hydrogens (tertiary/aromatic N) is 4. The fourth-order valence-corrected chi connectivity index (χ4v) is 5.17. The number of aryl methyl sites for hydroxylation is 1. The first kappa shape index (κ1) is 23.2. The molecule has 1 atom stereocenters. The lowest BCUT2D eigenvalue weighted by atomic mass is 9.99. The number of alkyl halides is 2. The van der Waals surface area contributed by atoms with E-state index in [1.807, 2.05) is 6.92 Å². The molecule has 5 rings (SSSR count). The molecular weight excluding hydrogens is 461 g/mol. The normalized spacial score (nSPS) is 18.0. The molecule has 0 bridgehead atoms. The van der Waals surface area contributed by atoms with E-state index in [0.717, 1.165) is 0 Å². The molecule has 184 valence electrons. The van der Waals surface area contributed by atoms with Gasteiger partial charge in [0.05, 0.1) is 31.1 Å². The van der Waals surface area contributed by atoms with Crippen LogP contribution < -0.4 is 14.5 Å². The van der Waals surface area contributed by atoms with Crippen LogP contribution in [0.15, 0.2) is 24.3 Å². The predicted molar refractivity (Wildman–Crippen MR) is 125 cm³/mol. The van der Waals surface area contributed by atoms with E-state index >= 15 is 0 Å². The van der Waals surface area contributed by atoms with Gasteiger partial charge in [0.15, 0.2) is 0 Å². The number of carbonyl (C=O) groups excluding carboxylic acids is 1. The maximum Gasteiger partial charge on any atom is 0.318 e. The summed E-state index contributed by atoms with van der Waals surface area (Å²) in [7, 11) is 1.37. The van der Waals surface area contributed by atoms with Crippen molar-refractivity contribution in [3.8, 4) is 11.8 Å². The number of hydrogen-bond donors (Lipinski definition) is 1. The first-order chi connectivity index (χ1) is 16.8. The van der Waals surface area contributed by atoms with Gasteiger partial charge in [0.2, 0.25) is 0 Å². The van der Waals surface area contributed by atoms with E-state index in [1.54, 1.807) is 6.07 Å². The Morgan fingerprint density at radius 1 is 1.23 bits per heavy atom. The molecule has 3 aromatic rings. The largest absolute Gasteiger partial charge is 0.508 e. The third-order valence-corrected chi connectivity index (χ3v) is 6.78. The van der Waals surface area contributed by atoms with Crippen molar-refractivity contribution in [2.24, 2.45) is 0 Å². The highest BCUT2D eigenvalue weighted by atomic mass is 19.3. The first-order valence-electron chi connectivity index (χ1n) is 11.6. The Morgan fingerprint density at radius 2 is 2.03 bits per heavy atom. The smallest absolute Gasteiger partial charge is 0.318 e. The lowest BCUT2D eigenvalue weighted by molar-refractivity contribution is 0.0969. The standard InChI is InChI=1S/C25H25F3N4O3/c1-3-15-16(26)8-7-13-10-14(33)11-19(20(13)15)32-12-17-21(24(32)34)23(30-25(29-17)35-2)31-9-5-4-6-18(31)22(27)28/h7-8,10-11,18,22,33H,3-6,9,12H2,1-2H3. The van der Waals surface area contributed by atoms with E-state index in [2.05, 4.69) is 9.97 Å². The summed E-state index contributed by atoms with van der Waals surface area (Å²) in [5, 5.41) is 11.5. The maximum atomic E-state index is 14.7. The van der Waals surface area contributed by atoms with E-state index in [1.165, 1.54) is 35.1 Å². The zero-order valence-corrected chi connectivity index (χ0v) is 19.4. The molecule has 3 heterocycles.